The van der Waals surface area contributed by atoms with Gasteiger partial charge in [0.25, 0.3) is 5.91 Å². The zero-order valence-electron chi connectivity index (χ0n) is 20.8. The second-order valence-corrected chi connectivity index (χ2v) is 9.77. The minimum atomic E-state index is -0.0165. The Morgan fingerprint density at radius 3 is 2.68 bits per heavy atom. The van der Waals surface area contributed by atoms with Gasteiger partial charge in [0.15, 0.2) is 5.65 Å². The Labute approximate surface area is 215 Å². The molecule has 4 heterocycles. The monoisotopic (exact) mass is 498 g/mol. The van der Waals surface area contributed by atoms with Crippen molar-refractivity contribution in [2.24, 2.45) is 5.92 Å². The summed E-state index contributed by atoms with van der Waals surface area (Å²) in [6.45, 7) is 4.38. The van der Waals surface area contributed by atoms with Gasteiger partial charge in [-0.15, -0.1) is 0 Å². The van der Waals surface area contributed by atoms with E-state index < -0.39 is 0 Å². The summed E-state index contributed by atoms with van der Waals surface area (Å²) in [6.07, 6.45) is 9.38. The number of carbonyl (C=O) groups is 1. The van der Waals surface area contributed by atoms with E-state index in [-0.39, 0.29) is 5.91 Å². The van der Waals surface area contributed by atoms with Crippen LogP contribution < -0.4 is 15.4 Å². The SMILES string of the molecule is Cc1cc(-c2cnn3c(NCC4CCOCC4)cc(Oc4ccncc4)nc23)ccc1C(=O)NC1CC1. The van der Waals surface area contributed by atoms with Crippen LogP contribution in [0.25, 0.3) is 16.8 Å². The largest absolute Gasteiger partial charge is 0.439 e. The molecule has 0 spiro atoms. The van der Waals surface area contributed by atoms with Crippen LogP contribution in [0.5, 0.6) is 11.6 Å². The summed E-state index contributed by atoms with van der Waals surface area (Å²) in [5.74, 6) is 2.45. The molecule has 0 atom stereocenters. The quantitative estimate of drug-likeness (QED) is 0.365. The second kappa shape index (κ2) is 10.2. The van der Waals surface area contributed by atoms with Gasteiger partial charge >= 0.3 is 0 Å². The minimum absolute atomic E-state index is 0.0165. The van der Waals surface area contributed by atoms with Gasteiger partial charge in [-0.25, -0.2) is 0 Å². The van der Waals surface area contributed by atoms with E-state index in [2.05, 4.69) is 20.7 Å². The normalized spacial score (nSPS) is 16.0. The van der Waals surface area contributed by atoms with E-state index in [0.29, 0.717) is 34.8 Å². The highest BCUT2D eigenvalue weighted by Crippen LogP contribution is 2.31. The Hall–Kier alpha value is -3.98. The second-order valence-electron chi connectivity index (χ2n) is 9.77. The smallest absolute Gasteiger partial charge is 0.251 e. The molecule has 1 aromatic carbocycles. The first-order chi connectivity index (χ1) is 18.1. The lowest BCUT2D eigenvalue weighted by atomic mass is 10.0. The van der Waals surface area contributed by atoms with Crippen molar-refractivity contribution in [2.75, 3.05) is 25.1 Å². The molecule has 0 radical (unpaired) electrons. The van der Waals surface area contributed by atoms with Gasteiger partial charge in [0, 0.05) is 55.4 Å². The lowest BCUT2D eigenvalue weighted by molar-refractivity contribution is 0.0699. The van der Waals surface area contributed by atoms with E-state index in [0.717, 1.165) is 68.0 Å². The van der Waals surface area contributed by atoms with Gasteiger partial charge in [-0.1, -0.05) is 12.1 Å². The number of hydrogen-bond acceptors (Lipinski definition) is 7. The van der Waals surface area contributed by atoms with Crippen molar-refractivity contribution in [3.8, 4) is 22.8 Å². The first-order valence-corrected chi connectivity index (χ1v) is 12.8. The van der Waals surface area contributed by atoms with E-state index in [1.54, 1.807) is 24.5 Å². The van der Waals surface area contributed by atoms with Gasteiger partial charge in [0.1, 0.15) is 11.6 Å². The fraction of sp³-hybridized carbons (Fsp3) is 0.357. The third-order valence-corrected chi connectivity index (χ3v) is 6.93. The lowest BCUT2D eigenvalue weighted by Gasteiger charge is -2.22. The van der Waals surface area contributed by atoms with E-state index in [1.807, 2.05) is 41.9 Å². The number of benzene rings is 1. The maximum atomic E-state index is 12.6. The van der Waals surface area contributed by atoms with Crippen molar-refractivity contribution in [1.82, 2.24) is 24.9 Å². The summed E-state index contributed by atoms with van der Waals surface area (Å²) in [4.78, 5) is 21.5. The summed E-state index contributed by atoms with van der Waals surface area (Å²) in [5, 5.41) is 11.3. The maximum absolute atomic E-state index is 12.6. The Morgan fingerprint density at radius 2 is 1.92 bits per heavy atom. The molecular weight excluding hydrogens is 468 g/mol. The molecule has 2 fully saturated rings. The van der Waals surface area contributed by atoms with Crippen molar-refractivity contribution >= 4 is 17.4 Å². The van der Waals surface area contributed by atoms with Crippen LogP contribution in [0.15, 0.2) is 55.0 Å². The van der Waals surface area contributed by atoms with Crippen LogP contribution in [0, 0.1) is 12.8 Å². The predicted molar refractivity (Wildman–Crippen MR) is 140 cm³/mol. The standard InChI is InChI=1S/C28H30N6O3/c1-18-14-20(2-5-23(18)28(35)32-21-3-4-21)24-17-31-34-25(30-16-19-8-12-36-13-9-19)15-26(33-27(24)34)37-22-6-10-29-11-7-22/h2,5-7,10-11,14-15,17,19,21,30H,3-4,8-9,12-13,16H2,1H3,(H,32,35). The third kappa shape index (κ3) is 5.27. The molecule has 0 bridgehead atoms. The number of nitrogens with one attached hydrogen (secondary N) is 2. The number of aryl methyl sites for hydroxylation is 1. The number of fused-ring (bicyclic) bond motifs is 1. The van der Waals surface area contributed by atoms with Crippen molar-refractivity contribution in [3.05, 3.63) is 66.1 Å². The number of hydrogen-bond donors (Lipinski definition) is 2. The number of nitrogens with zero attached hydrogens (tertiary/aromatic N) is 4. The van der Waals surface area contributed by atoms with Gasteiger partial charge in [-0.2, -0.15) is 14.6 Å². The molecule has 4 aromatic rings. The van der Waals surface area contributed by atoms with Crippen LogP contribution in [0.2, 0.25) is 0 Å². The first kappa shape index (κ1) is 23.4. The van der Waals surface area contributed by atoms with Gasteiger partial charge in [-0.3, -0.25) is 9.78 Å². The number of carbonyl (C=O) groups excluding carboxylic acids is 1. The number of amides is 1. The zero-order valence-corrected chi connectivity index (χ0v) is 20.8. The van der Waals surface area contributed by atoms with Crippen LogP contribution >= 0.6 is 0 Å². The van der Waals surface area contributed by atoms with Gasteiger partial charge in [-0.05, 0) is 67.9 Å². The average Bonchev–Trinajstić information content (AvgIpc) is 3.63. The van der Waals surface area contributed by atoms with E-state index in [4.69, 9.17) is 14.5 Å². The molecule has 190 valence electrons. The molecule has 9 nitrogen and oxygen atoms in total. The highest BCUT2D eigenvalue weighted by molar-refractivity contribution is 5.97. The fourth-order valence-electron chi connectivity index (χ4n) is 4.63. The molecule has 37 heavy (non-hydrogen) atoms. The van der Waals surface area contributed by atoms with Crippen molar-refractivity contribution in [1.29, 1.82) is 0 Å². The van der Waals surface area contributed by atoms with Crippen LogP contribution in [-0.2, 0) is 4.74 Å². The average molecular weight is 499 g/mol. The lowest BCUT2D eigenvalue weighted by Crippen LogP contribution is -2.26. The number of ether oxygens (including phenoxy) is 2. The summed E-state index contributed by atoms with van der Waals surface area (Å²) < 4.78 is 13.4. The summed E-state index contributed by atoms with van der Waals surface area (Å²) in [6, 6.07) is 11.7. The van der Waals surface area contributed by atoms with Crippen molar-refractivity contribution in [3.63, 3.8) is 0 Å². The molecule has 1 aliphatic carbocycles. The molecule has 1 saturated heterocycles. The topological polar surface area (TPSA) is 103 Å². The maximum Gasteiger partial charge on any atom is 0.251 e. The third-order valence-electron chi connectivity index (χ3n) is 6.93. The van der Waals surface area contributed by atoms with Gasteiger partial charge in [0.05, 0.1) is 6.20 Å². The molecule has 1 amide bonds. The van der Waals surface area contributed by atoms with Gasteiger partial charge < -0.3 is 20.1 Å². The molecule has 2 aliphatic rings. The minimum Gasteiger partial charge on any atom is -0.439 e. The highest BCUT2D eigenvalue weighted by atomic mass is 16.5. The molecule has 6 rings (SSSR count). The molecule has 1 aliphatic heterocycles. The van der Waals surface area contributed by atoms with E-state index in [1.165, 1.54) is 0 Å². The Balaban J connectivity index is 1.34. The number of aromatic nitrogens is 4. The molecule has 0 unspecified atom stereocenters. The molecule has 9 heteroatoms. The van der Waals surface area contributed by atoms with E-state index >= 15 is 0 Å². The van der Waals surface area contributed by atoms with E-state index in [9.17, 15) is 4.79 Å². The zero-order chi connectivity index (χ0) is 25.2. The fourth-order valence-corrected chi connectivity index (χ4v) is 4.63. The Kier molecular flexibility index (Phi) is 6.44. The van der Waals surface area contributed by atoms with Crippen LogP contribution in [0.1, 0.15) is 41.6 Å². The van der Waals surface area contributed by atoms with Crippen molar-refractivity contribution in [2.45, 2.75) is 38.6 Å². The number of anilines is 1. The first-order valence-electron chi connectivity index (χ1n) is 12.8. The van der Waals surface area contributed by atoms with Gasteiger partial charge in [0.2, 0.25) is 5.88 Å². The molecular formula is C28H30N6O3. The Bertz CT molecular complexity index is 1410. The molecule has 3 aromatic heterocycles. The van der Waals surface area contributed by atoms with Crippen LogP contribution in [-0.4, -0.2) is 51.3 Å². The number of rotatable bonds is 8. The Morgan fingerprint density at radius 1 is 1.11 bits per heavy atom. The number of pyridine rings is 1. The predicted octanol–water partition coefficient (Wildman–Crippen LogP) is 4.62. The summed E-state index contributed by atoms with van der Waals surface area (Å²) >= 11 is 0. The highest BCUT2D eigenvalue weighted by Gasteiger charge is 2.25. The summed E-state index contributed by atoms with van der Waals surface area (Å²) in [7, 11) is 0. The molecule has 1 saturated carbocycles. The van der Waals surface area contributed by atoms with Crippen molar-refractivity contribution < 1.29 is 14.3 Å². The van der Waals surface area contributed by atoms with Crippen LogP contribution in [0.4, 0.5) is 5.82 Å². The molecule has 2 N–H and O–H groups in total. The summed E-state index contributed by atoms with van der Waals surface area (Å²) in [5.41, 5.74) is 4.10. The van der Waals surface area contributed by atoms with Crippen LogP contribution in [0.3, 0.4) is 0 Å².